The molecule has 2 aromatic rings. The van der Waals surface area contributed by atoms with Gasteiger partial charge in [-0.2, -0.15) is 0 Å². The molecule has 0 aliphatic rings. The number of halogens is 3. The Balaban J connectivity index is 2.51. The Bertz CT molecular complexity index is 568. The highest BCUT2D eigenvalue weighted by Crippen LogP contribution is 2.35. The third kappa shape index (κ3) is 3.17. The third-order valence-corrected chi connectivity index (χ3v) is 5.84. The van der Waals surface area contributed by atoms with Crippen LogP contribution in [0.3, 0.4) is 0 Å². The molecular formula is C13H12Br2INS. The quantitative estimate of drug-likeness (QED) is 0.549. The smallest absolute Gasteiger partial charge is 0.0704 e. The Morgan fingerprint density at radius 3 is 2.50 bits per heavy atom. The Morgan fingerprint density at radius 2 is 1.94 bits per heavy atom. The van der Waals surface area contributed by atoms with Gasteiger partial charge in [-0.1, -0.05) is 15.9 Å². The molecule has 0 saturated heterocycles. The second-order valence-electron chi connectivity index (χ2n) is 3.95. The Hall–Kier alpha value is 0.570. The predicted octanol–water partition coefficient (Wildman–Crippen LogP) is 5.49. The molecule has 1 N–H and O–H groups in total. The highest BCUT2D eigenvalue weighted by Gasteiger charge is 2.19. The van der Waals surface area contributed by atoms with Crippen molar-refractivity contribution in [3.63, 3.8) is 0 Å². The summed E-state index contributed by atoms with van der Waals surface area (Å²) in [7, 11) is 2.01. The molecular weight excluding hydrogens is 489 g/mol. The van der Waals surface area contributed by atoms with Crippen molar-refractivity contribution in [2.75, 3.05) is 7.05 Å². The average Bonchev–Trinajstić information content (AvgIpc) is 2.64. The van der Waals surface area contributed by atoms with Gasteiger partial charge in [-0.25, -0.2) is 0 Å². The zero-order valence-electron chi connectivity index (χ0n) is 9.93. The van der Waals surface area contributed by atoms with Gasteiger partial charge < -0.3 is 5.32 Å². The number of nitrogens with one attached hydrogen (secondary N) is 1. The molecule has 1 atom stereocenters. The monoisotopic (exact) mass is 499 g/mol. The fourth-order valence-electron chi connectivity index (χ4n) is 1.96. The van der Waals surface area contributed by atoms with Crippen LogP contribution in [0.4, 0.5) is 0 Å². The molecule has 1 aromatic heterocycles. The Morgan fingerprint density at radius 1 is 1.22 bits per heavy atom. The molecule has 0 aliphatic heterocycles. The van der Waals surface area contributed by atoms with E-state index >= 15 is 0 Å². The maximum Gasteiger partial charge on any atom is 0.0704 e. The summed E-state index contributed by atoms with van der Waals surface area (Å²) in [5, 5.41) is 3.42. The zero-order valence-corrected chi connectivity index (χ0v) is 16.1. The predicted molar refractivity (Wildman–Crippen MR) is 94.5 cm³/mol. The van der Waals surface area contributed by atoms with Gasteiger partial charge in [0.1, 0.15) is 0 Å². The molecule has 2 rings (SSSR count). The van der Waals surface area contributed by atoms with E-state index in [4.69, 9.17) is 0 Å². The maximum absolute atomic E-state index is 3.57. The summed E-state index contributed by atoms with van der Waals surface area (Å²) >= 11 is 11.3. The van der Waals surface area contributed by atoms with Gasteiger partial charge in [0.05, 0.1) is 9.83 Å². The topological polar surface area (TPSA) is 12.0 Å². The van der Waals surface area contributed by atoms with Crippen molar-refractivity contribution in [3.05, 3.63) is 52.1 Å². The van der Waals surface area contributed by atoms with Crippen molar-refractivity contribution in [2.24, 2.45) is 0 Å². The molecule has 1 heterocycles. The Kier molecular flexibility index (Phi) is 5.28. The van der Waals surface area contributed by atoms with Crippen LogP contribution in [0.5, 0.6) is 0 Å². The molecule has 0 radical (unpaired) electrons. The number of rotatable bonds is 3. The van der Waals surface area contributed by atoms with Crippen LogP contribution in [-0.2, 0) is 0 Å². The molecule has 18 heavy (non-hydrogen) atoms. The van der Waals surface area contributed by atoms with E-state index in [0.717, 1.165) is 4.47 Å². The van der Waals surface area contributed by atoms with Gasteiger partial charge >= 0.3 is 0 Å². The van der Waals surface area contributed by atoms with Gasteiger partial charge in [-0.3, -0.25) is 0 Å². The summed E-state index contributed by atoms with van der Waals surface area (Å²) in [6, 6.07) is 8.85. The molecule has 5 heteroatoms. The van der Waals surface area contributed by atoms with Crippen LogP contribution in [0.15, 0.2) is 32.5 Å². The van der Waals surface area contributed by atoms with E-state index in [0.29, 0.717) is 0 Å². The first-order valence-electron chi connectivity index (χ1n) is 5.41. The van der Waals surface area contributed by atoms with E-state index in [1.165, 1.54) is 23.4 Å². The largest absolute Gasteiger partial charge is 0.309 e. The molecule has 0 spiro atoms. The van der Waals surface area contributed by atoms with Gasteiger partial charge in [0.2, 0.25) is 0 Å². The minimum atomic E-state index is 0.233. The van der Waals surface area contributed by atoms with Crippen molar-refractivity contribution in [1.82, 2.24) is 5.32 Å². The summed E-state index contributed by atoms with van der Waals surface area (Å²) in [6.45, 7) is 2.17. The lowest BCUT2D eigenvalue weighted by Gasteiger charge is -2.18. The van der Waals surface area contributed by atoms with E-state index in [9.17, 15) is 0 Å². The number of benzene rings is 1. The summed E-state index contributed by atoms with van der Waals surface area (Å²) in [6.07, 6.45) is 0. The molecule has 0 fully saturated rings. The first-order chi connectivity index (χ1) is 8.52. The minimum absolute atomic E-state index is 0.233. The summed E-state index contributed by atoms with van der Waals surface area (Å²) < 4.78 is 3.57. The van der Waals surface area contributed by atoms with Crippen LogP contribution >= 0.6 is 65.8 Å². The number of thiophene rings is 1. The molecule has 1 unspecified atom stereocenters. The van der Waals surface area contributed by atoms with Crippen molar-refractivity contribution in [3.8, 4) is 0 Å². The van der Waals surface area contributed by atoms with Gasteiger partial charge in [-0.15, -0.1) is 11.3 Å². The third-order valence-electron chi connectivity index (χ3n) is 2.79. The second-order valence-corrected chi connectivity index (χ2v) is 8.66. The van der Waals surface area contributed by atoms with E-state index in [-0.39, 0.29) is 6.04 Å². The van der Waals surface area contributed by atoms with E-state index in [1.54, 1.807) is 11.3 Å². The molecule has 96 valence electrons. The van der Waals surface area contributed by atoms with Crippen LogP contribution in [0.2, 0.25) is 0 Å². The maximum atomic E-state index is 3.57. The summed E-state index contributed by atoms with van der Waals surface area (Å²) in [4.78, 5) is 1.34. The lowest BCUT2D eigenvalue weighted by Crippen LogP contribution is -2.19. The zero-order chi connectivity index (χ0) is 13.3. The van der Waals surface area contributed by atoms with Gasteiger partial charge in [0.25, 0.3) is 0 Å². The van der Waals surface area contributed by atoms with Crippen molar-refractivity contribution >= 4 is 65.8 Å². The molecule has 1 nitrogen and oxygen atoms in total. The first-order valence-corrected chi connectivity index (χ1v) is 8.89. The minimum Gasteiger partial charge on any atom is -0.309 e. The van der Waals surface area contributed by atoms with Crippen LogP contribution in [-0.4, -0.2) is 7.05 Å². The van der Waals surface area contributed by atoms with Gasteiger partial charge in [0, 0.05) is 12.9 Å². The highest BCUT2D eigenvalue weighted by molar-refractivity contribution is 14.1. The lowest BCUT2D eigenvalue weighted by atomic mass is 10.00. The fraction of sp³-hybridized carbons (Fsp3) is 0.231. The molecule has 1 aromatic carbocycles. The molecule has 0 aliphatic carbocycles. The van der Waals surface area contributed by atoms with Gasteiger partial charge in [0.15, 0.2) is 0 Å². The first kappa shape index (κ1) is 15.0. The van der Waals surface area contributed by atoms with Crippen molar-refractivity contribution < 1.29 is 0 Å². The molecule has 0 amide bonds. The summed E-state index contributed by atoms with van der Waals surface area (Å²) in [5.41, 5.74) is 2.64. The number of aryl methyl sites for hydroxylation is 1. The SMILES string of the molecule is CNC(c1cc(Br)ccc1I)c1cc(Br)sc1C. The highest BCUT2D eigenvalue weighted by atomic mass is 127. The van der Waals surface area contributed by atoms with E-state index in [1.807, 2.05) is 7.05 Å². The molecule has 0 saturated carbocycles. The van der Waals surface area contributed by atoms with E-state index in [2.05, 4.69) is 91.0 Å². The lowest BCUT2D eigenvalue weighted by molar-refractivity contribution is 0.687. The van der Waals surface area contributed by atoms with Crippen LogP contribution in [0.25, 0.3) is 0 Å². The average molecular weight is 501 g/mol. The van der Waals surface area contributed by atoms with E-state index < -0.39 is 0 Å². The van der Waals surface area contributed by atoms with Crippen LogP contribution in [0, 0.1) is 10.5 Å². The van der Waals surface area contributed by atoms with Gasteiger partial charge in [-0.05, 0) is 87.9 Å². The fourth-order valence-corrected chi connectivity index (χ4v) is 4.73. The van der Waals surface area contributed by atoms with Crippen LogP contribution in [0.1, 0.15) is 22.0 Å². The van der Waals surface area contributed by atoms with Crippen LogP contribution < -0.4 is 5.32 Å². The standard InChI is InChI=1S/C13H12Br2INS/c1-7-9(6-12(15)18-7)13(17-2)10-5-8(14)3-4-11(10)16/h3-6,13,17H,1-2H3. The number of hydrogen-bond donors (Lipinski definition) is 1. The summed E-state index contributed by atoms with van der Waals surface area (Å²) in [5.74, 6) is 0. The molecule has 0 bridgehead atoms. The van der Waals surface area contributed by atoms with Crippen molar-refractivity contribution in [1.29, 1.82) is 0 Å². The second kappa shape index (κ2) is 6.35. The van der Waals surface area contributed by atoms with Crippen molar-refractivity contribution in [2.45, 2.75) is 13.0 Å². The Labute approximate surface area is 142 Å². The number of hydrogen-bond acceptors (Lipinski definition) is 2. The normalized spacial score (nSPS) is 12.7.